The molecule has 4 heteroatoms. The molecule has 0 unspecified atom stereocenters. The van der Waals surface area contributed by atoms with Crippen molar-refractivity contribution in [3.63, 3.8) is 0 Å². The smallest absolute Gasteiger partial charge is 0.0916 e. The summed E-state index contributed by atoms with van der Waals surface area (Å²) in [6.45, 7) is 9.18. The highest BCUT2D eigenvalue weighted by molar-refractivity contribution is 5.17. The van der Waals surface area contributed by atoms with E-state index in [4.69, 9.17) is 4.74 Å². The minimum atomic E-state index is -0.385. The number of nitrogens with zero attached hydrogens (tertiary/aromatic N) is 2. The maximum atomic E-state index is 10.4. The van der Waals surface area contributed by atoms with Crippen molar-refractivity contribution < 1.29 is 9.84 Å². The Kier molecular flexibility index (Phi) is 7.29. The van der Waals surface area contributed by atoms with Gasteiger partial charge in [-0.2, -0.15) is 0 Å². The van der Waals surface area contributed by atoms with E-state index in [0.717, 1.165) is 57.4 Å². The van der Waals surface area contributed by atoms with Crippen molar-refractivity contribution in [1.29, 1.82) is 0 Å². The van der Waals surface area contributed by atoms with Crippen molar-refractivity contribution in [2.45, 2.75) is 44.8 Å². The summed E-state index contributed by atoms with van der Waals surface area (Å²) in [5, 5.41) is 10.4. The third kappa shape index (κ3) is 5.78. The first kappa shape index (κ1) is 18.8. The predicted octanol–water partition coefficient (Wildman–Crippen LogP) is 2.93. The Morgan fingerprint density at radius 2 is 1.72 bits per heavy atom. The molecule has 3 atom stereocenters. The second-order valence-corrected chi connectivity index (χ2v) is 7.74. The molecule has 1 aromatic rings. The molecule has 1 saturated heterocycles. The van der Waals surface area contributed by atoms with Crippen molar-refractivity contribution in [3.05, 3.63) is 35.9 Å². The monoisotopic (exact) mass is 346 g/mol. The summed E-state index contributed by atoms with van der Waals surface area (Å²) >= 11 is 0. The van der Waals surface area contributed by atoms with Gasteiger partial charge in [-0.05, 0) is 24.3 Å². The number of benzene rings is 1. The molecule has 0 bridgehead atoms. The Bertz CT molecular complexity index is 488. The molecule has 3 rings (SSSR count). The van der Waals surface area contributed by atoms with Gasteiger partial charge in [-0.15, -0.1) is 0 Å². The third-order valence-corrected chi connectivity index (χ3v) is 5.85. The van der Waals surface area contributed by atoms with E-state index < -0.39 is 0 Å². The topological polar surface area (TPSA) is 35.9 Å². The molecule has 1 heterocycles. The van der Waals surface area contributed by atoms with Gasteiger partial charge in [0.1, 0.15) is 0 Å². The summed E-state index contributed by atoms with van der Waals surface area (Å²) in [4.78, 5) is 4.87. The van der Waals surface area contributed by atoms with Crippen LogP contribution < -0.4 is 0 Å². The maximum Gasteiger partial charge on any atom is 0.0916 e. The minimum Gasteiger partial charge on any atom is -0.387 e. The quantitative estimate of drug-likeness (QED) is 0.823. The Hall–Kier alpha value is -0.940. The third-order valence-electron chi connectivity index (χ3n) is 5.85. The lowest BCUT2D eigenvalue weighted by atomic mass is 9.88. The zero-order chi connectivity index (χ0) is 17.5. The van der Waals surface area contributed by atoms with Gasteiger partial charge in [-0.3, -0.25) is 9.80 Å². The number of ether oxygens (including phenoxy) is 1. The van der Waals surface area contributed by atoms with Crippen LogP contribution in [0.25, 0.3) is 0 Å². The summed E-state index contributed by atoms with van der Waals surface area (Å²) in [7, 11) is 0. The molecular formula is C21H34N2O2. The molecule has 1 aromatic carbocycles. The highest BCUT2D eigenvalue weighted by Gasteiger charge is 2.23. The molecule has 0 amide bonds. The van der Waals surface area contributed by atoms with Crippen molar-refractivity contribution in [1.82, 2.24) is 9.80 Å². The van der Waals surface area contributed by atoms with E-state index in [1.165, 1.54) is 25.7 Å². The lowest BCUT2D eigenvalue weighted by molar-refractivity contribution is -0.0194. The molecule has 1 aliphatic carbocycles. The molecule has 0 spiro atoms. The van der Waals surface area contributed by atoms with Crippen molar-refractivity contribution in [2.75, 3.05) is 45.9 Å². The van der Waals surface area contributed by atoms with Gasteiger partial charge in [0.2, 0.25) is 0 Å². The molecular weight excluding hydrogens is 312 g/mol. The highest BCUT2D eigenvalue weighted by atomic mass is 16.5. The first-order valence-electron chi connectivity index (χ1n) is 10.0. The molecule has 2 fully saturated rings. The van der Waals surface area contributed by atoms with E-state index in [-0.39, 0.29) is 6.10 Å². The molecule has 1 saturated carbocycles. The molecule has 0 aromatic heterocycles. The van der Waals surface area contributed by atoms with E-state index in [2.05, 4.69) is 16.7 Å². The largest absolute Gasteiger partial charge is 0.387 e. The van der Waals surface area contributed by atoms with Crippen LogP contribution in [-0.2, 0) is 4.74 Å². The van der Waals surface area contributed by atoms with Gasteiger partial charge in [-0.25, -0.2) is 0 Å². The van der Waals surface area contributed by atoms with Crippen LogP contribution in [0.2, 0.25) is 0 Å². The zero-order valence-corrected chi connectivity index (χ0v) is 15.6. The first-order valence-corrected chi connectivity index (χ1v) is 10.0. The van der Waals surface area contributed by atoms with Gasteiger partial charge in [0.05, 0.1) is 18.8 Å². The van der Waals surface area contributed by atoms with E-state index in [1.807, 2.05) is 30.3 Å². The summed E-state index contributed by atoms with van der Waals surface area (Å²) in [6.07, 6.45) is 5.37. The average Bonchev–Trinajstić information content (AvgIpc) is 2.65. The lowest BCUT2D eigenvalue weighted by Crippen LogP contribution is -2.48. The van der Waals surface area contributed by atoms with Crippen LogP contribution in [0.15, 0.2) is 30.3 Å². The van der Waals surface area contributed by atoms with E-state index >= 15 is 0 Å². The van der Waals surface area contributed by atoms with Crippen molar-refractivity contribution >= 4 is 0 Å². The zero-order valence-electron chi connectivity index (χ0n) is 15.6. The van der Waals surface area contributed by atoms with Crippen LogP contribution in [-0.4, -0.2) is 66.9 Å². The molecule has 140 valence electrons. The van der Waals surface area contributed by atoms with Gasteiger partial charge in [0, 0.05) is 39.3 Å². The Balaban J connectivity index is 1.32. The fourth-order valence-electron chi connectivity index (χ4n) is 4.08. The molecule has 1 aliphatic heterocycles. The SMILES string of the molecule is C[C@@H]1CCCC[C@H]1OCCN1CCN(C[C@H](O)c2ccccc2)CC1. The normalized spacial score (nSPS) is 27.3. The Labute approximate surface area is 152 Å². The van der Waals surface area contributed by atoms with Crippen LogP contribution in [0.5, 0.6) is 0 Å². The molecule has 1 N–H and O–H groups in total. The van der Waals surface area contributed by atoms with E-state index in [1.54, 1.807) is 0 Å². The van der Waals surface area contributed by atoms with Gasteiger partial charge >= 0.3 is 0 Å². The van der Waals surface area contributed by atoms with E-state index in [9.17, 15) is 5.11 Å². The number of hydrogen-bond donors (Lipinski definition) is 1. The molecule has 0 radical (unpaired) electrons. The lowest BCUT2D eigenvalue weighted by Gasteiger charge is -2.36. The highest BCUT2D eigenvalue weighted by Crippen LogP contribution is 2.26. The number of piperazine rings is 1. The van der Waals surface area contributed by atoms with Gasteiger partial charge in [0.25, 0.3) is 0 Å². The van der Waals surface area contributed by atoms with Gasteiger partial charge < -0.3 is 9.84 Å². The number of aliphatic hydroxyl groups excluding tert-OH is 1. The summed E-state index contributed by atoms with van der Waals surface area (Å²) < 4.78 is 6.15. The Morgan fingerprint density at radius 3 is 2.44 bits per heavy atom. The van der Waals surface area contributed by atoms with Gasteiger partial charge in [0.15, 0.2) is 0 Å². The van der Waals surface area contributed by atoms with Crippen molar-refractivity contribution in [2.24, 2.45) is 5.92 Å². The average molecular weight is 347 g/mol. The summed E-state index contributed by atoms with van der Waals surface area (Å²) in [5.41, 5.74) is 1.01. The van der Waals surface area contributed by atoms with Crippen LogP contribution in [0.4, 0.5) is 0 Å². The number of rotatable bonds is 7. The van der Waals surface area contributed by atoms with Crippen LogP contribution in [0.3, 0.4) is 0 Å². The first-order chi connectivity index (χ1) is 12.2. The second-order valence-electron chi connectivity index (χ2n) is 7.74. The maximum absolute atomic E-state index is 10.4. The fraction of sp³-hybridized carbons (Fsp3) is 0.714. The standard InChI is InChI=1S/C21H34N2O2/c1-18-7-5-6-10-21(18)25-16-15-22-11-13-23(14-12-22)17-20(24)19-8-3-2-4-9-19/h2-4,8-9,18,20-21,24H,5-7,10-17H2,1H3/t18-,20+,21-/m1/s1. The summed E-state index contributed by atoms with van der Waals surface area (Å²) in [5.74, 6) is 0.727. The van der Waals surface area contributed by atoms with Crippen LogP contribution in [0.1, 0.15) is 44.3 Å². The second kappa shape index (κ2) is 9.67. The van der Waals surface area contributed by atoms with Crippen molar-refractivity contribution in [3.8, 4) is 0 Å². The minimum absolute atomic E-state index is 0.385. The van der Waals surface area contributed by atoms with Crippen LogP contribution in [0, 0.1) is 5.92 Å². The predicted molar refractivity (Wildman–Crippen MR) is 102 cm³/mol. The number of aliphatic hydroxyl groups is 1. The number of hydrogen-bond acceptors (Lipinski definition) is 4. The van der Waals surface area contributed by atoms with E-state index in [0.29, 0.717) is 6.10 Å². The summed E-state index contributed by atoms with van der Waals surface area (Å²) in [6, 6.07) is 9.98. The molecule has 25 heavy (non-hydrogen) atoms. The van der Waals surface area contributed by atoms with Crippen LogP contribution >= 0.6 is 0 Å². The molecule has 4 nitrogen and oxygen atoms in total. The number of β-amino-alcohol motifs (C(OH)–C–C–N with tert-alkyl or cyclic N) is 1. The Morgan fingerprint density at radius 1 is 1.04 bits per heavy atom. The fourth-order valence-corrected chi connectivity index (χ4v) is 4.08. The molecule has 2 aliphatic rings. The van der Waals surface area contributed by atoms with Gasteiger partial charge in [-0.1, -0.05) is 50.1 Å².